The first-order chi connectivity index (χ1) is 8.56. The maximum Gasteiger partial charge on any atom is 0.306 e. The van der Waals surface area contributed by atoms with Crippen LogP contribution < -0.4 is 5.32 Å². The highest BCUT2D eigenvalue weighted by atomic mass is 32.1. The van der Waals surface area contributed by atoms with Crippen molar-refractivity contribution in [3.8, 4) is 0 Å². The molecule has 2 N–H and O–H groups in total. The third-order valence-corrected chi connectivity index (χ3v) is 4.17. The number of nitrogens with zero attached hydrogens (tertiary/aromatic N) is 1. The Morgan fingerprint density at radius 3 is 2.78 bits per heavy atom. The molecule has 1 fully saturated rings. The van der Waals surface area contributed by atoms with Gasteiger partial charge >= 0.3 is 5.97 Å². The molecular weight excluding hydrogens is 252 g/mol. The van der Waals surface area contributed by atoms with Gasteiger partial charge in [-0.3, -0.25) is 9.59 Å². The molecular formula is C12H16N2O3S. The quantitative estimate of drug-likeness (QED) is 0.868. The van der Waals surface area contributed by atoms with Crippen LogP contribution in [0.2, 0.25) is 0 Å². The first-order valence-electron chi connectivity index (χ1n) is 5.98. The molecule has 5 nitrogen and oxygen atoms in total. The lowest BCUT2D eigenvalue weighted by atomic mass is 10.0. The highest BCUT2D eigenvalue weighted by Gasteiger charge is 2.33. The van der Waals surface area contributed by atoms with Crippen molar-refractivity contribution in [2.24, 2.45) is 11.8 Å². The van der Waals surface area contributed by atoms with E-state index in [0.29, 0.717) is 25.8 Å². The van der Waals surface area contributed by atoms with Gasteiger partial charge in [0.25, 0.3) is 0 Å². The van der Waals surface area contributed by atoms with Gasteiger partial charge in [-0.1, -0.05) is 0 Å². The van der Waals surface area contributed by atoms with Crippen LogP contribution >= 0.6 is 11.3 Å². The van der Waals surface area contributed by atoms with Gasteiger partial charge in [0.1, 0.15) is 0 Å². The summed E-state index contributed by atoms with van der Waals surface area (Å²) in [6.07, 6.45) is 3.50. The van der Waals surface area contributed by atoms with Crippen LogP contribution in [0.15, 0.2) is 6.20 Å². The maximum absolute atomic E-state index is 11.9. The molecule has 1 aromatic rings. The molecule has 1 aromatic heterocycles. The number of nitrogens with one attached hydrogen (secondary N) is 1. The Balaban J connectivity index is 1.80. The Morgan fingerprint density at radius 1 is 1.50 bits per heavy atom. The molecule has 1 saturated carbocycles. The molecule has 0 aromatic carbocycles. The van der Waals surface area contributed by atoms with Crippen molar-refractivity contribution in [1.82, 2.24) is 10.3 Å². The first-order valence-corrected chi connectivity index (χ1v) is 6.79. The summed E-state index contributed by atoms with van der Waals surface area (Å²) in [5, 5.41) is 12.7. The van der Waals surface area contributed by atoms with Crippen LogP contribution in [0.5, 0.6) is 0 Å². The van der Waals surface area contributed by atoms with E-state index in [-0.39, 0.29) is 17.7 Å². The van der Waals surface area contributed by atoms with Crippen LogP contribution in [0.3, 0.4) is 0 Å². The average Bonchev–Trinajstić information content (AvgIpc) is 2.94. The van der Waals surface area contributed by atoms with Gasteiger partial charge in [-0.15, -0.1) is 11.3 Å². The third kappa shape index (κ3) is 3.07. The van der Waals surface area contributed by atoms with E-state index < -0.39 is 5.97 Å². The molecule has 0 aliphatic heterocycles. The van der Waals surface area contributed by atoms with E-state index >= 15 is 0 Å². The first kappa shape index (κ1) is 13.0. The second kappa shape index (κ2) is 5.48. The predicted molar refractivity (Wildman–Crippen MR) is 67.2 cm³/mol. The summed E-state index contributed by atoms with van der Waals surface area (Å²) in [5.41, 5.74) is 0. The minimum Gasteiger partial charge on any atom is -0.481 e. The van der Waals surface area contributed by atoms with E-state index in [1.165, 1.54) is 0 Å². The zero-order chi connectivity index (χ0) is 13.1. The highest BCUT2D eigenvalue weighted by Crippen LogP contribution is 2.31. The Hall–Kier alpha value is -1.43. The topological polar surface area (TPSA) is 79.3 Å². The minimum absolute atomic E-state index is 0.0372. The largest absolute Gasteiger partial charge is 0.481 e. The number of rotatable bonds is 4. The Morgan fingerprint density at radius 2 is 2.22 bits per heavy atom. The van der Waals surface area contributed by atoms with Crippen molar-refractivity contribution in [3.05, 3.63) is 16.1 Å². The van der Waals surface area contributed by atoms with Gasteiger partial charge in [0.2, 0.25) is 5.91 Å². The molecule has 1 aliphatic carbocycles. The summed E-state index contributed by atoms with van der Waals surface area (Å²) in [7, 11) is 0. The second-order valence-electron chi connectivity index (χ2n) is 4.61. The van der Waals surface area contributed by atoms with Crippen molar-refractivity contribution in [3.63, 3.8) is 0 Å². The van der Waals surface area contributed by atoms with Crippen LogP contribution in [0.4, 0.5) is 0 Å². The number of hydrogen-bond acceptors (Lipinski definition) is 4. The van der Waals surface area contributed by atoms with Crippen LogP contribution in [-0.2, 0) is 16.1 Å². The van der Waals surface area contributed by atoms with Crippen molar-refractivity contribution in [2.75, 3.05) is 0 Å². The molecule has 0 radical (unpaired) electrons. The fourth-order valence-electron chi connectivity index (χ4n) is 2.25. The molecule has 0 bridgehead atoms. The predicted octanol–water partition coefficient (Wildman–Crippen LogP) is 1.57. The van der Waals surface area contributed by atoms with Gasteiger partial charge in [0.05, 0.1) is 17.5 Å². The molecule has 2 rings (SSSR count). The normalized spacial score (nSPS) is 22.9. The number of hydrogen-bond donors (Lipinski definition) is 2. The van der Waals surface area contributed by atoms with Crippen LogP contribution in [-0.4, -0.2) is 22.0 Å². The fraction of sp³-hybridized carbons (Fsp3) is 0.583. The molecule has 2 unspecified atom stereocenters. The Labute approximate surface area is 109 Å². The van der Waals surface area contributed by atoms with E-state index in [1.807, 2.05) is 6.92 Å². The lowest BCUT2D eigenvalue weighted by Crippen LogP contribution is -2.29. The number of carbonyl (C=O) groups excluding carboxylic acids is 1. The van der Waals surface area contributed by atoms with E-state index in [2.05, 4.69) is 10.3 Å². The van der Waals surface area contributed by atoms with Gasteiger partial charge in [-0.05, 0) is 26.2 Å². The van der Waals surface area contributed by atoms with Crippen molar-refractivity contribution in [1.29, 1.82) is 0 Å². The lowest BCUT2D eigenvalue weighted by Gasteiger charge is -2.09. The number of aryl methyl sites for hydroxylation is 1. The lowest BCUT2D eigenvalue weighted by molar-refractivity contribution is -0.141. The van der Waals surface area contributed by atoms with E-state index in [1.54, 1.807) is 17.5 Å². The number of carbonyl (C=O) groups is 2. The SMILES string of the molecule is Cc1ncc(CNC(=O)C2CCC(C(=O)O)C2)s1. The molecule has 1 amide bonds. The van der Waals surface area contributed by atoms with Crippen LogP contribution in [0, 0.1) is 18.8 Å². The van der Waals surface area contributed by atoms with E-state index in [9.17, 15) is 9.59 Å². The third-order valence-electron chi connectivity index (χ3n) is 3.26. The zero-order valence-corrected chi connectivity index (χ0v) is 11.0. The van der Waals surface area contributed by atoms with E-state index in [0.717, 1.165) is 9.88 Å². The highest BCUT2D eigenvalue weighted by molar-refractivity contribution is 7.11. The van der Waals surface area contributed by atoms with Gasteiger partial charge in [0.15, 0.2) is 0 Å². The molecule has 0 saturated heterocycles. The van der Waals surface area contributed by atoms with Gasteiger partial charge < -0.3 is 10.4 Å². The number of thiazole rings is 1. The minimum atomic E-state index is -0.789. The van der Waals surface area contributed by atoms with Crippen molar-refractivity contribution < 1.29 is 14.7 Å². The fourth-order valence-corrected chi connectivity index (χ4v) is 2.98. The van der Waals surface area contributed by atoms with Gasteiger partial charge in [-0.25, -0.2) is 4.98 Å². The van der Waals surface area contributed by atoms with Gasteiger partial charge in [-0.2, -0.15) is 0 Å². The number of carboxylic acids is 1. The number of aromatic nitrogens is 1. The molecule has 0 spiro atoms. The second-order valence-corrected chi connectivity index (χ2v) is 5.93. The summed E-state index contributed by atoms with van der Waals surface area (Å²) in [6, 6.07) is 0. The maximum atomic E-state index is 11.9. The molecule has 6 heteroatoms. The van der Waals surface area contributed by atoms with Crippen LogP contribution in [0.1, 0.15) is 29.1 Å². The van der Waals surface area contributed by atoms with Crippen molar-refractivity contribution in [2.45, 2.75) is 32.7 Å². The Kier molecular flexibility index (Phi) is 3.96. The summed E-state index contributed by atoms with van der Waals surface area (Å²) < 4.78 is 0. The smallest absolute Gasteiger partial charge is 0.306 e. The van der Waals surface area contributed by atoms with Crippen molar-refractivity contribution >= 4 is 23.2 Å². The summed E-state index contributed by atoms with van der Waals surface area (Å²) in [4.78, 5) is 27.8. The van der Waals surface area contributed by atoms with Crippen LogP contribution in [0.25, 0.3) is 0 Å². The standard InChI is InChI=1S/C12H16N2O3S/c1-7-13-5-10(18-7)6-14-11(15)8-2-3-9(4-8)12(16)17/h5,8-9H,2-4,6H2,1H3,(H,14,15)(H,16,17). The molecule has 98 valence electrons. The summed E-state index contributed by atoms with van der Waals surface area (Å²) >= 11 is 1.56. The monoisotopic (exact) mass is 268 g/mol. The average molecular weight is 268 g/mol. The number of carboxylic acid groups (broad SMARTS) is 1. The van der Waals surface area contributed by atoms with E-state index in [4.69, 9.17) is 5.11 Å². The molecule has 1 heterocycles. The molecule has 1 aliphatic rings. The molecule has 18 heavy (non-hydrogen) atoms. The summed E-state index contributed by atoms with van der Waals surface area (Å²) in [6.45, 7) is 2.41. The molecule has 2 atom stereocenters. The zero-order valence-electron chi connectivity index (χ0n) is 10.2. The number of aliphatic carboxylic acids is 1. The Bertz CT molecular complexity index is 458. The summed E-state index contributed by atoms with van der Waals surface area (Å²) in [5.74, 6) is -1.33. The number of amides is 1. The van der Waals surface area contributed by atoms with Gasteiger partial charge in [0, 0.05) is 17.0 Å².